The fourth-order valence-corrected chi connectivity index (χ4v) is 4.62. The number of halogens is 1. The molecule has 9 heteroatoms. The van der Waals surface area contributed by atoms with Gasteiger partial charge in [-0.05, 0) is 68.1 Å². The highest BCUT2D eigenvalue weighted by Gasteiger charge is 2.30. The molecule has 2 aromatic carbocycles. The van der Waals surface area contributed by atoms with Crippen LogP contribution in [0.1, 0.15) is 59.8 Å². The molecule has 0 spiro atoms. The zero-order chi connectivity index (χ0) is 27.5. The minimum atomic E-state index is -0.525. The highest BCUT2D eigenvalue weighted by Crippen LogP contribution is 2.37. The molecule has 37 heavy (non-hydrogen) atoms. The molecule has 1 aromatic heterocycles. The summed E-state index contributed by atoms with van der Waals surface area (Å²) in [5, 5.41) is 3.55. The first-order valence-electron chi connectivity index (χ1n) is 12.4. The number of rotatable bonds is 8. The number of carbonyl (C=O) groups is 1. The lowest BCUT2D eigenvalue weighted by atomic mass is 10.1. The molecular weight excluding hydrogens is 536 g/mol. The minimum Gasteiger partial charge on any atom is -0.497 e. The van der Waals surface area contributed by atoms with Crippen LogP contribution in [0.15, 0.2) is 45.7 Å². The standard InChI is InChI=1S/C28H37BrN4O4/c1-17(2)13-14-32(27(35)31-28(4,5)6)18(3)25-30-21-12-10-9-11-20(21)26(34)33(25)22-15-19(36-7)16-23(37-8)24(22)29/h9-12,15-18H,13-14H2,1-8H3,(H,31,35). The van der Waals surface area contributed by atoms with Gasteiger partial charge in [-0.2, -0.15) is 0 Å². The quantitative estimate of drug-likeness (QED) is 0.353. The van der Waals surface area contributed by atoms with E-state index in [4.69, 9.17) is 14.5 Å². The van der Waals surface area contributed by atoms with E-state index in [2.05, 4.69) is 35.1 Å². The second kappa shape index (κ2) is 11.5. The summed E-state index contributed by atoms with van der Waals surface area (Å²) in [6, 6.07) is 9.98. The van der Waals surface area contributed by atoms with Gasteiger partial charge < -0.3 is 19.7 Å². The molecule has 2 amide bonds. The number of para-hydroxylation sites is 1. The molecular formula is C28H37BrN4O4. The fraction of sp³-hybridized carbons (Fsp3) is 0.464. The monoisotopic (exact) mass is 572 g/mol. The predicted octanol–water partition coefficient (Wildman–Crippen LogP) is 6.08. The summed E-state index contributed by atoms with van der Waals surface area (Å²) in [7, 11) is 3.11. The summed E-state index contributed by atoms with van der Waals surface area (Å²) in [6.45, 7) is 12.5. The van der Waals surface area contributed by atoms with Crippen LogP contribution in [-0.2, 0) is 0 Å². The van der Waals surface area contributed by atoms with Gasteiger partial charge in [0.25, 0.3) is 5.56 Å². The van der Waals surface area contributed by atoms with E-state index in [-0.39, 0.29) is 11.6 Å². The molecule has 0 fully saturated rings. The predicted molar refractivity (Wildman–Crippen MR) is 151 cm³/mol. The van der Waals surface area contributed by atoms with Crippen molar-refractivity contribution in [3.63, 3.8) is 0 Å². The van der Waals surface area contributed by atoms with Crippen molar-refractivity contribution < 1.29 is 14.3 Å². The first kappa shape index (κ1) is 28.5. The van der Waals surface area contributed by atoms with Gasteiger partial charge in [-0.15, -0.1) is 0 Å². The van der Waals surface area contributed by atoms with Gasteiger partial charge in [0, 0.05) is 24.2 Å². The van der Waals surface area contributed by atoms with E-state index in [0.29, 0.717) is 50.8 Å². The van der Waals surface area contributed by atoms with Crippen molar-refractivity contribution in [1.29, 1.82) is 0 Å². The maximum absolute atomic E-state index is 14.0. The van der Waals surface area contributed by atoms with Crippen LogP contribution in [0, 0.1) is 5.92 Å². The van der Waals surface area contributed by atoms with E-state index in [1.807, 2.05) is 45.9 Å². The number of nitrogens with zero attached hydrogens (tertiary/aromatic N) is 3. The van der Waals surface area contributed by atoms with Crippen LogP contribution >= 0.6 is 15.9 Å². The van der Waals surface area contributed by atoms with Gasteiger partial charge in [0.05, 0.1) is 41.3 Å². The van der Waals surface area contributed by atoms with Crippen LogP contribution in [0.25, 0.3) is 16.6 Å². The first-order chi connectivity index (χ1) is 17.4. The van der Waals surface area contributed by atoms with Crippen LogP contribution in [-0.4, -0.2) is 46.8 Å². The number of hydrogen-bond donors (Lipinski definition) is 1. The number of fused-ring (bicyclic) bond motifs is 1. The number of aromatic nitrogens is 2. The van der Waals surface area contributed by atoms with Crippen molar-refractivity contribution in [1.82, 2.24) is 19.8 Å². The molecule has 0 aliphatic carbocycles. The second-order valence-corrected chi connectivity index (χ2v) is 11.3. The van der Waals surface area contributed by atoms with Crippen LogP contribution in [0.2, 0.25) is 0 Å². The number of methoxy groups -OCH3 is 2. The van der Waals surface area contributed by atoms with Gasteiger partial charge in [-0.25, -0.2) is 9.78 Å². The molecule has 1 heterocycles. The van der Waals surface area contributed by atoms with Gasteiger partial charge in [0.2, 0.25) is 0 Å². The summed E-state index contributed by atoms with van der Waals surface area (Å²) in [5.74, 6) is 1.86. The third-order valence-corrected chi connectivity index (χ3v) is 6.82. The summed E-state index contributed by atoms with van der Waals surface area (Å²) in [5.41, 5.74) is 0.411. The van der Waals surface area contributed by atoms with Gasteiger partial charge in [-0.1, -0.05) is 26.0 Å². The molecule has 3 rings (SSSR count). The highest BCUT2D eigenvalue weighted by atomic mass is 79.9. The lowest BCUT2D eigenvalue weighted by molar-refractivity contribution is 0.163. The van der Waals surface area contributed by atoms with Crippen LogP contribution < -0.4 is 20.3 Å². The van der Waals surface area contributed by atoms with Crippen LogP contribution in [0.5, 0.6) is 11.5 Å². The third kappa shape index (κ3) is 6.44. The lowest BCUT2D eigenvalue weighted by Crippen LogP contribution is -2.50. The summed E-state index contributed by atoms with van der Waals surface area (Å²) in [4.78, 5) is 34.2. The largest absolute Gasteiger partial charge is 0.497 e. The Morgan fingerprint density at radius 1 is 1.14 bits per heavy atom. The fourth-order valence-electron chi connectivity index (χ4n) is 4.05. The maximum Gasteiger partial charge on any atom is 0.318 e. The van der Waals surface area contributed by atoms with E-state index in [1.54, 1.807) is 41.9 Å². The Morgan fingerprint density at radius 3 is 2.41 bits per heavy atom. The van der Waals surface area contributed by atoms with Gasteiger partial charge in [0.15, 0.2) is 0 Å². The van der Waals surface area contributed by atoms with E-state index >= 15 is 0 Å². The molecule has 3 aromatic rings. The second-order valence-electron chi connectivity index (χ2n) is 10.5. The Kier molecular flexibility index (Phi) is 8.89. The summed E-state index contributed by atoms with van der Waals surface area (Å²) >= 11 is 3.62. The number of hydrogen-bond acceptors (Lipinski definition) is 5. The molecule has 1 atom stereocenters. The average molecular weight is 574 g/mol. The summed E-state index contributed by atoms with van der Waals surface area (Å²) < 4.78 is 13.2. The molecule has 0 bridgehead atoms. The molecule has 0 aliphatic heterocycles. The Labute approximate surface area is 227 Å². The minimum absolute atomic E-state index is 0.211. The zero-order valence-electron chi connectivity index (χ0n) is 22.9. The Bertz CT molecular complexity index is 1330. The molecule has 0 saturated carbocycles. The first-order valence-corrected chi connectivity index (χ1v) is 13.2. The highest BCUT2D eigenvalue weighted by molar-refractivity contribution is 9.10. The van der Waals surface area contributed by atoms with Crippen molar-refractivity contribution >= 4 is 32.9 Å². The smallest absolute Gasteiger partial charge is 0.318 e. The average Bonchev–Trinajstić information content (AvgIpc) is 2.83. The molecule has 8 nitrogen and oxygen atoms in total. The van der Waals surface area contributed by atoms with Crippen molar-refractivity contribution in [3.8, 4) is 17.2 Å². The van der Waals surface area contributed by atoms with E-state index in [0.717, 1.165) is 6.42 Å². The number of carbonyl (C=O) groups excluding carboxylic acids is 1. The molecule has 0 aliphatic rings. The SMILES string of the molecule is COc1cc(OC)c(Br)c(-n2c(C(C)N(CCC(C)C)C(=O)NC(C)(C)C)nc3ccccc3c2=O)c1. The van der Waals surface area contributed by atoms with Crippen LogP contribution in [0.3, 0.4) is 0 Å². The zero-order valence-corrected chi connectivity index (χ0v) is 24.5. The number of amides is 2. The van der Waals surface area contributed by atoms with Crippen molar-refractivity contribution in [2.75, 3.05) is 20.8 Å². The van der Waals surface area contributed by atoms with Crippen LogP contribution in [0.4, 0.5) is 4.79 Å². The van der Waals surface area contributed by atoms with E-state index in [1.165, 1.54) is 0 Å². The number of urea groups is 1. The molecule has 0 saturated heterocycles. The van der Waals surface area contributed by atoms with Crippen molar-refractivity contribution in [2.24, 2.45) is 5.92 Å². The molecule has 0 radical (unpaired) electrons. The normalized spacial score (nSPS) is 12.5. The lowest BCUT2D eigenvalue weighted by Gasteiger charge is -2.34. The van der Waals surface area contributed by atoms with E-state index in [9.17, 15) is 9.59 Å². The Balaban J connectivity index is 2.32. The summed E-state index contributed by atoms with van der Waals surface area (Å²) in [6.07, 6.45) is 0.802. The van der Waals surface area contributed by atoms with Gasteiger partial charge in [-0.3, -0.25) is 9.36 Å². The topological polar surface area (TPSA) is 85.7 Å². The van der Waals surface area contributed by atoms with Crippen molar-refractivity contribution in [3.05, 3.63) is 57.0 Å². The number of nitrogens with one attached hydrogen (secondary N) is 1. The molecule has 1 unspecified atom stereocenters. The van der Waals surface area contributed by atoms with Crippen molar-refractivity contribution in [2.45, 2.75) is 59.5 Å². The molecule has 1 N–H and O–H groups in total. The maximum atomic E-state index is 14.0. The van der Waals surface area contributed by atoms with Gasteiger partial charge >= 0.3 is 6.03 Å². The number of benzene rings is 2. The van der Waals surface area contributed by atoms with E-state index < -0.39 is 11.6 Å². The van der Waals surface area contributed by atoms with Gasteiger partial charge in [0.1, 0.15) is 17.3 Å². The number of ether oxygens (including phenoxy) is 2. The molecule has 200 valence electrons. The Morgan fingerprint density at radius 2 is 1.81 bits per heavy atom. The third-order valence-electron chi connectivity index (χ3n) is 6.02. The Hall–Kier alpha value is -3.07.